The minimum absolute atomic E-state index is 0.00289. The van der Waals surface area contributed by atoms with Gasteiger partial charge in [0.2, 0.25) is 1.43 Å². The highest BCUT2D eigenvalue weighted by molar-refractivity contribution is 5.18. The van der Waals surface area contributed by atoms with Crippen LogP contribution in [0.15, 0.2) is 0 Å². The number of hydrogen-bond donors (Lipinski definition) is 1. The second-order valence-electron chi connectivity index (χ2n) is 7.10. The molecule has 0 aliphatic heterocycles. The van der Waals surface area contributed by atoms with Gasteiger partial charge >= 0.3 is 0 Å². The Kier molecular flexibility index (Phi) is 2.00. The van der Waals surface area contributed by atoms with E-state index in [1.807, 2.05) is 13.8 Å². The lowest BCUT2D eigenvalue weighted by Crippen LogP contribution is -2.54. The smallest absolute Gasteiger partial charge is 0.211 e. The summed E-state index contributed by atoms with van der Waals surface area (Å²) in [5.41, 5.74) is -0.260. The number of ether oxygens (including phenoxy) is 1. The van der Waals surface area contributed by atoms with Crippen molar-refractivity contribution in [3.8, 4) is 0 Å². The third-order valence-electron chi connectivity index (χ3n) is 5.53. The predicted octanol–water partition coefficient (Wildman–Crippen LogP) is 3.09. The van der Waals surface area contributed by atoms with E-state index in [0.717, 1.165) is 12.8 Å². The normalized spacial score (nSPS) is 47.6. The molecule has 2 unspecified atom stereocenters. The van der Waals surface area contributed by atoms with Crippen molar-refractivity contribution in [3.05, 3.63) is 0 Å². The molecule has 0 aromatic rings. The Balaban J connectivity index is 0.000000861. The molecule has 2 saturated carbocycles. The van der Waals surface area contributed by atoms with E-state index in [1.54, 1.807) is 7.11 Å². The molecule has 0 aromatic carbocycles. The van der Waals surface area contributed by atoms with Gasteiger partial charge in [0.1, 0.15) is 0 Å². The highest BCUT2D eigenvalue weighted by Gasteiger charge is 2.69. The zero-order valence-corrected chi connectivity index (χ0v) is 11.5. The number of aliphatic hydroxyl groups is 1. The average molecular weight is 234 g/mol. The summed E-state index contributed by atoms with van der Waals surface area (Å²) in [7, 11) is 1.81. The summed E-state index contributed by atoms with van der Waals surface area (Å²) < 4.78 is 23.3. The largest absolute Gasteiger partial charge is 0.390 e. The van der Waals surface area contributed by atoms with E-state index in [2.05, 4.69) is 20.8 Å². The lowest BCUT2D eigenvalue weighted by Gasteiger charge is -2.50. The fourth-order valence-electron chi connectivity index (χ4n) is 4.85. The van der Waals surface area contributed by atoms with Crippen LogP contribution in [0, 0.1) is 22.7 Å². The van der Waals surface area contributed by atoms with Gasteiger partial charge in [-0.15, -0.1) is 0 Å². The van der Waals surface area contributed by atoms with Gasteiger partial charge in [0.25, 0.3) is 0 Å². The fraction of sp³-hybridized carbons (Fsp3) is 1.00. The molecule has 0 radical (unpaired) electrons. The summed E-state index contributed by atoms with van der Waals surface area (Å²) in [5, 5.41) is 5.09. The second-order valence-corrected chi connectivity index (χ2v) is 7.10. The summed E-state index contributed by atoms with van der Waals surface area (Å²) in [6.45, 7) is 11.0. The molecule has 0 spiro atoms. The maximum absolute atomic E-state index is 7.42. The van der Waals surface area contributed by atoms with Gasteiger partial charge in [-0.2, -0.15) is 0 Å². The topological polar surface area (TPSA) is 29.5 Å². The number of rotatable bonds is 3. The van der Waals surface area contributed by atoms with Gasteiger partial charge in [-0.25, -0.2) is 0 Å². The van der Waals surface area contributed by atoms with Crippen LogP contribution in [0.4, 0.5) is 0 Å². The Labute approximate surface area is 104 Å². The number of fused-ring (bicyclic) bond motifs is 2. The van der Waals surface area contributed by atoms with Crippen molar-refractivity contribution in [2.24, 2.45) is 22.7 Å². The Morgan fingerprint density at radius 3 is 2.62 bits per heavy atom. The molecule has 2 aliphatic rings. The molecular formula is C14H28O2. The van der Waals surface area contributed by atoms with Crippen LogP contribution in [0.2, 0.25) is 0 Å². The molecule has 0 aromatic heterocycles. The molecule has 2 heteroatoms. The van der Waals surface area contributed by atoms with E-state index in [0.29, 0.717) is 11.8 Å². The van der Waals surface area contributed by atoms with Gasteiger partial charge in [-0.1, -0.05) is 20.8 Å². The van der Waals surface area contributed by atoms with E-state index < -0.39 is 5.60 Å². The summed E-state index contributed by atoms with van der Waals surface area (Å²) in [4.78, 5) is 0. The summed E-state index contributed by atoms with van der Waals surface area (Å²) in [5.74, 6) is 1.38. The predicted molar refractivity (Wildman–Crippen MR) is 67.3 cm³/mol. The van der Waals surface area contributed by atoms with Crippen molar-refractivity contribution in [2.45, 2.75) is 59.2 Å². The first-order valence-corrected chi connectivity index (χ1v) is 6.40. The Hall–Kier alpha value is -0.0800. The van der Waals surface area contributed by atoms with Gasteiger partial charge in [0.05, 0.1) is 11.7 Å². The van der Waals surface area contributed by atoms with Gasteiger partial charge in [0.15, 0.2) is 0 Å². The van der Waals surface area contributed by atoms with Crippen LogP contribution in [-0.2, 0) is 4.74 Å². The van der Waals surface area contributed by atoms with E-state index in [9.17, 15) is 0 Å². The molecule has 1 N–H and O–H groups in total. The number of hydrogen-bond acceptors (Lipinski definition) is 2. The summed E-state index contributed by atoms with van der Waals surface area (Å²) in [6.07, 6.45) is 2.44. The molecule has 2 aliphatic carbocycles. The molecule has 0 heterocycles. The monoisotopic (exact) mass is 234 g/mol. The molecule has 2 rings (SSSR count). The molecule has 2 bridgehead atoms. The van der Waals surface area contributed by atoms with E-state index in [1.165, 1.54) is 0 Å². The minimum Gasteiger partial charge on any atom is -0.390 e. The van der Waals surface area contributed by atoms with Crippen molar-refractivity contribution >= 4 is 0 Å². The van der Waals surface area contributed by atoms with Crippen molar-refractivity contribution in [3.63, 3.8) is 0 Å². The highest BCUT2D eigenvalue weighted by Crippen LogP contribution is 2.69. The van der Waals surface area contributed by atoms with Gasteiger partial charge < -0.3 is 9.85 Å². The Bertz CT molecular complexity index is 320. The van der Waals surface area contributed by atoms with Crippen molar-refractivity contribution in [1.82, 2.24) is 0 Å². The third kappa shape index (κ3) is 1.26. The van der Waals surface area contributed by atoms with Crippen LogP contribution in [0.3, 0.4) is 0 Å². The molecular weight excluding hydrogens is 200 g/mol. The van der Waals surface area contributed by atoms with Crippen LogP contribution in [0.1, 0.15) is 50.4 Å². The molecule has 4 atom stereocenters. The standard InChI is InChI=1S/C14H26O2.H2/c1-9-7-14(13(4,5)15)8-10(9)12(2,3)11(14)16-6;/h9-11,15H,7-8H2,1-6H3;1H/t9-,10?,11+,14?;/m1./s1/i15T;1+2T. The first kappa shape index (κ1) is 9.90. The third-order valence-corrected chi connectivity index (χ3v) is 5.53. The maximum Gasteiger partial charge on any atom is 0.211 e. The minimum atomic E-state index is -0.440. The molecule has 96 valence electrons. The lowest BCUT2D eigenvalue weighted by molar-refractivity contribution is -0.161. The first-order chi connectivity index (χ1) is 8.73. The quantitative estimate of drug-likeness (QED) is 0.813. The molecule has 2 nitrogen and oxygen atoms in total. The first-order valence-electron chi connectivity index (χ1n) is 7.81. The highest BCUT2D eigenvalue weighted by atomic mass is 16.5. The van der Waals surface area contributed by atoms with Crippen molar-refractivity contribution in [1.29, 1.82) is 1.43 Å². The van der Waals surface area contributed by atoms with E-state index in [4.69, 9.17) is 14.2 Å². The summed E-state index contributed by atoms with van der Waals surface area (Å²) >= 11 is 0. The zero-order chi connectivity index (χ0) is 15.1. The average Bonchev–Trinajstić information content (AvgIpc) is 2.82. The zero-order valence-electron chi connectivity index (χ0n) is 14.5. The SMILES string of the molecule is [3H]OC(C)(C)C12CC([C@H](C)C1)C(C)(C)[C@@H]2OC.[3H][3H]. The lowest BCUT2D eigenvalue weighted by atomic mass is 9.61. The van der Waals surface area contributed by atoms with Crippen LogP contribution in [0.25, 0.3) is 0 Å². The van der Waals surface area contributed by atoms with Gasteiger partial charge in [-0.05, 0) is 43.9 Å². The maximum atomic E-state index is 7.42. The van der Waals surface area contributed by atoms with Crippen LogP contribution in [-0.4, -0.2) is 25.4 Å². The van der Waals surface area contributed by atoms with E-state index in [-0.39, 0.29) is 16.9 Å². The summed E-state index contributed by atoms with van der Waals surface area (Å²) in [6, 6.07) is 0. The second kappa shape index (κ2) is 3.23. The molecule has 0 saturated heterocycles. The van der Waals surface area contributed by atoms with Crippen LogP contribution in [0.5, 0.6) is 0 Å². The molecule has 0 amide bonds. The Morgan fingerprint density at radius 1 is 1.50 bits per heavy atom. The van der Waals surface area contributed by atoms with E-state index >= 15 is 0 Å². The van der Waals surface area contributed by atoms with Crippen LogP contribution < -0.4 is 0 Å². The van der Waals surface area contributed by atoms with Gasteiger partial charge in [-0.3, -0.25) is 0 Å². The number of methoxy groups -OCH3 is 1. The fourth-order valence-corrected chi connectivity index (χ4v) is 4.85. The molecule has 2 fully saturated rings. The van der Waals surface area contributed by atoms with Crippen molar-refractivity contribution in [2.75, 3.05) is 7.11 Å². The van der Waals surface area contributed by atoms with Crippen LogP contribution >= 0.6 is 0 Å². The van der Waals surface area contributed by atoms with Crippen molar-refractivity contribution < 1.29 is 12.8 Å². The Morgan fingerprint density at radius 2 is 2.12 bits per heavy atom. The molecule has 16 heavy (non-hydrogen) atoms. The van der Waals surface area contributed by atoms with Gasteiger partial charge in [0, 0.05) is 15.5 Å².